The lowest BCUT2D eigenvalue weighted by Crippen LogP contribution is -2.29. The van der Waals surface area contributed by atoms with E-state index >= 15 is 0 Å². The molecule has 0 radical (unpaired) electrons. The Morgan fingerprint density at radius 3 is 2.92 bits per heavy atom. The molecule has 25 heavy (non-hydrogen) atoms. The zero-order valence-electron chi connectivity index (χ0n) is 13.7. The summed E-state index contributed by atoms with van der Waals surface area (Å²) < 4.78 is 5.64. The monoisotopic (exact) mass is 393 g/mol. The van der Waals surface area contributed by atoms with E-state index in [2.05, 4.69) is 9.97 Å². The van der Waals surface area contributed by atoms with E-state index in [0.717, 1.165) is 22.1 Å². The van der Waals surface area contributed by atoms with Crippen molar-refractivity contribution in [1.82, 2.24) is 9.97 Å². The third-order valence-electron chi connectivity index (χ3n) is 3.44. The molecule has 3 rings (SSSR count). The highest BCUT2D eigenvalue weighted by molar-refractivity contribution is 7.97. The van der Waals surface area contributed by atoms with Crippen LogP contribution in [0.5, 0.6) is 0 Å². The lowest BCUT2D eigenvalue weighted by molar-refractivity contribution is 0.0961. The molecule has 0 spiro atoms. The maximum atomic E-state index is 12.8. The van der Waals surface area contributed by atoms with Crippen molar-refractivity contribution in [3.8, 4) is 10.6 Å². The molecule has 0 aliphatic rings. The molecule has 3 heterocycles. The second kappa shape index (κ2) is 8.03. The second-order valence-corrected chi connectivity index (χ2v) is 7.31. The second-order valence-electron chi connectivity index (χ2n) is 5.11. The molecule has 3 aromatic rings. The molecule has 0 N–H and O–H groups in total. The molecule has 0 aliphatic heterocycles. The molecule has 1 amide bonds. The highest BCUT2D eigenvalue weighted by Gasteiger charge is 2.25. The number of anilines is 1. The average molecular weight is 394 g/mol. The third-order valence-corrected chi connectivity index (χ3v) is 5.52. The molecule has 0 saturated carbocycles. The molecule has 5 nitrogen and oxygen atoms in total. The van der Waals surface area contributed by atoms with E-state index < -0.39 is 0 Å². The van der Waals surface area contributed by atoms with Crippen LogP contribution in [0.4, 0.5) is 5.00 Å². The number of hydrogen-bond donors (Lipinski definition) is 0. The van der Waals surface area contributed by atoms with Gasteiger partial charge in [-0.3, -0.25) is 14.7 Å². The van der Waals surface area contributed by atoms with Crippen molar-refractivity contribution in [2.45, 2.75) is 12.7 Å². The van der Waals surface area contributed by atoms with Crippen LogP contribution in [0.3, 0.4) is 0 Å². The number of hydrogen-bond acceptors (Lipinski definition) is 6. The van der Waals surface area contributed by atoms with Crippen LogP contribution in [-0.4, -0.2) is 28.7 Å². The number of carbonyl (C=O) groups is 1. The Kier molecular flexibility index (Phi) is 5.78. The molecule has 0 saturated heterocycles. The summed E-state index contributed by atoms with van der Waals surface area (Å²) in [6.45, 7) is 2.36. The lowest BCUT2D eigenvalue weighted by Gasteiger charge is -2.17. The maximum Gasteiger partial charge on any atom is 0.294 e. The maximum absolute atomic E-state index is 12.8. The molecular weight excluding hydrogens is 378 g/mol. The fourth-order valence-electron chi connectivity index (χ4n) is 2.30. The van der Waals surface area contributed by atoms with E-state index in [0.29, 0.717) is 22.5 Å². The number of carbonyl (C=O) groups excluding carboxylic acids is 1. The van der Waals surface area contributed by atoms with Crippen LogP contribution in [0.25, 0.3) is 10.6 Å². The van der Waals surface area contributed by atoms with E-state index in [1.165, 1.54) is 11.3 Å². The molecule has 0 fully saturated rings. The standard InChI is InChI=1S/C17H16ClN3O2S2/c1-3-21(16(22)13-7-6-12(23-13)10-24-2)17-14(18)20-15(25-17)11-5-4-8-19-9-11/h4-9H,3,10H2,1-2H3. The zero-order chi connectivity index (χ0) is 17.8. The summed E-state index contributed by atoms with van der Waals surface area (Å²) in [5.74, 6) is 1.58. The number of pyridine rings is 1. The van der Waals surface area contributed by atoms with Gasteiger partial charge in [0.2, 0.25) is 0 Å². The quantitative estimate of drug-likeness (QED) is 0.591. The minimum absolute atomic E-state index is 0.224. The third kappa shape index (κ3) is 3.89. The Labute approximate surface area is 159 Å². The predicted octanol–water partition coefficient (Wildman–Crippen LogP) is 4.98. The average Bonchev–Trinajstić information content (AvgIpc) is 3.24. The van der Waals surface area contributed by atoms with Crippen molar-refractivity contribution in [2.24, 2.45) is 0 Å². The number of rotatable bonds is 6. The van der Waals surface area contributed by atoms with Crippen molar-refractivity contribution in [3.05, 3.63) is 53.3 Å². The van der Waals surface area contributed by atoms with Gasteiger partial charge in [-0.1, -0.05) is 22.9 Å². The van der Waals surface area contributed by atoms with Gasteiger partial charge in [0.15, 0.2) is 10.9 Å². The van der Waals surface area contributed by atoms with Gasteiger partial charge < -0.3 is 4.42 Å². The van der Waals surface area contributed by atoms with Gasteiger partial charge in [0.05, 0.1) is 5.75 Å². The highest BCUT2D eigenvalue weighted by atomic mass is 35.5. The van der Waals surface area contributed by atoms with Crippen molar-refractivity contribution in [3.63, 3.8) is 0 Å². The first-order valence-corrected chi connectivity index (χ1v) is 10.2. The molecule has 130 valence electrons. The molecule has 0 bridgehead atoms. The van der Waals surface area contributed by atoms with E-state index in [4.69, 9.17) is 16.0 Å². The van der Waals surface area contributed by atoms with Crippen LogP contribution >= 0.6 is 34.7 Å². The van der Waals surface area contributed by atoms with E-state index in [1.54, 1.807) is 35.1 Å². The Morgan fingerprint density at radius 1 is 1.40 bits per heavy atom. The van der Waals surface area contributed by atoms with Crippen LogP contribution in [-0.2, 0) is 5.75 Å². The minimum Gasteiger partial charge on any atom is -0.455 e. The van der Waals surface area contributed by atoms with Gasteiger partial charge in [-0.05, 0) is 37.4 Å². The van der Waals surface area contributed by atoms with Gasteiger partial charge >= 0.3 is 0 Å². The molecule has 0 atom stereocenters. The first-order chi connectivity index (χ1) is 12.1. The summed E-state index contributed by atoms with van der Waals surface area (Å²) in [6.07, 6.45) is 5.41. The fourth-order valence-corrected chi connectivity index (χ4v) is 4.10. The van der Waals surface area contributed by atoms with Crippen molar-refractivity contribution < 1.29 is 9.21 Å². The van der Waals surface area contributed by atoms with Crippen LogP contribution < -0.4 is 4.90 Å². The summed E-state index contributed by atoms with van der Waals surface area (Å²) in [7, 11) is 0. The van der Waals surface area contributed by atoms with Crippen molar-refractivity contribution in [1.29, 1.82) is 0 Å². The summed E-state index contributed by atoms with van der Waals surface area (Å²) in [5, 5.41) is 1.63. The summed E-state index contributed by atoms with van der Waals surface area (Å²) in [6, 6.07) is 7.27. The van der Waals surface area contributed by atoms with Crippen molar-refractivity contribution >= 4 is 45.6 Å². The highest BCUT2D eigenvalue weighted by Crippen LogP contribution is 2.38. The lowest BCUT2D eigenvalue weighted by atomic mass is 10.3. The Hall–Kier alpha value is -1.83. The number of nitrogens with zero attached hydrogens (tertiary/aromatic N) is 3. The molecule has 0 aromatic carbocycles. The number of thioether (sulfide) groups is 1. The largest absolute Gasteiger partial charge is 0.455 e. The van der Waals surface area contributed by atoms with Gasteiger partial charge in [0, 0.05) is 24.5 Å². The first-order valence-electron chi connectivity index (χ1n) is 7.60. The van der Waals surface area contributed by atoms with Gasteiger partial charge in [0.1, 0.15) is 15.8 Å². The Morgan fingerprint density at radius 2 is 2.24 bits per heavy atom. The van der Waals surface area contributed by atoms with E-state index in [1.807, 2.05) is 31.4 Å². The number of furan rings is 1. The molecule has 0 unspecified atom stereocenters. The molecule has 0 aliphatic carbocycles. The number of amides is 1. The van der Waals surface area contributed by atoms with Crippen molar-refractivity contribution in [2.75, 3.05) is 17.7 Å². The normalized spacial score (nSPS) is 10.8. The number of thiazole rings is 1. The van der Waals surface area contributed by atoms with Crippen LogP contribution in [0.15, 0.2) is 41.1 Å². The van der Waals surface area contributed by atoms with E-state index in [9.17, 15) is 4.79 Å². The summed E-state index contributed by atoms with van der Waals surface area (Å²) >= 11 is 9.31. The zero-order valence-corrected chi connectivity index (χ0v) is 16.1. The van der Waals surface area contributed by atoms with Gasteiger partial charge in [-0.2, -0.15) is 11.8 Å². The molecular formula is C17H16ClN3O2S2. The molecule has 8 heteroatoms. The summed E-state index contributed by atoms with van der Waals surface area (Å²) in [5.41, 5.74) is 0.865. The van der Waals surface area contributed by atoms with Crippen LogP contribution in [0, 0.1) is 0 Å². The topological polar surface area (TPSA) is 59.2 Å². The smallest absolute Gasteiger partial charge is 0.294 e. The van der Waals surface area contributed by atoms with Gasteiger partial charge in [-0.25, -0.2) is 4.98 Å². The van der Waals surface area contributed by atoms with Crippen LogP contribution in [0.1, 0.15) is 23.2 Å². The van der Waals surface area contributed by atoms with Gasteiger partial charge in [0.25, 0.3) is 5.91 Å². The fraction of sp³-hybridized carbons (Fsp3) is 0.235. The molecule has 3 aromatic heterocycles. The SMILES string of the molecule is CCN(C(=O)c1ccc(CSC)o1)c1sc(-c2cccnc2)nc1Cl. The minimum atomic E-state index is -0.224. The number of aromatic nitrogens is 2. The Bertz CT molecular complexity index is 864. The van der Waals surface area contributed by atoms with E-state index in [-0.39, 0.29) is 5.91 Å². The first kappa shape index (κ1) is 18.0. The number of halogens is 1. The Balaban J connectivity index is 1.90. The van der Waals surface area contributed by atoms with Gasteiger partial charge in [-0.15, -0.1) is 0 Å². The van der Waals surface area contributed by atoms with Crippen LogP contribution in [0.2, 0.25) is 5.15 Å². The summed E-state index contributed by atoms with van der Waals surface area (Å²) in [4.78, 5) is 22.9. The predicted molar refractivity (Wildman–Crippen MR) is 104 cm³/mol.